The summed E-state index contributed by atoms with van der Waals surface area (Å²) in [4.78, 5) is 21.8. The van der Waals surface area contributed by atoms with Gasteiger partial charge in [-0.15, -0.1) is 0 Å². The number of pyridine rings is 1. The molecule has 4 aromatic rings. The Morgan fingerprint density at radius 3 is 2.27 bits per heavy atom. The van der Waals surface area contributed by atoms with Gasteiger partial charge in [0.05, 0.1) is 30.1 Å². The van der Waals surface area contributed by atoms with Gasteiger partial charge in [0.15, 0.2) is 5.78 Å². The molecular formula is C27H25N5O. The van der Waals surface area contributed by atoms with E-state index in [0.717, 1.165) is 59.8 Å². The number of hydrogen-bond acceptors (Lipinski definition) is 5. The number of imidazole rings is 1. The van der Waals surface area contributed by atoms with E-state index in [0.29, 0.717) is 12.1 Å². The van der Waals surface area contributed by atoms with Crippen molar-refractivity contribution in [2.45, 2.75) is 0 Å². The minimum atomic E-state index is 0.166. The molecule has 0 aliphatic carbocycles. The Kier molecular flexibility index (Phi) is 5.74. The molecule has 0 spiro atoms. The molecule has 0 atom stereocenters. The second kappa shape index (κ2) is 8.99. The van der Waals surface area contributed by atoms with Crippen molar-refractivity contribution in [3.05, 3.63) is 84.2 Å². The number of piperazine rings is 1. The first-order chi connectivity index (χ1) is 16.1. The van der Waals surface area contributed by atoms with E-state index in [1.165, 1.54) is 0 Å². The molecule has 6 heteroatoms. The minimum Gasteiger partial charge on any atom is -0.304 e. The third kappa shape index (κ3) is 4.42. The van der Waals surface area contributed by atoms with E-state index >= 15 is 0 Å². The van der Waals surface area contributed by atoms with E-state index in [-0.39, 0.29) is 5.78 Å². The summed E-state index contributed by atoms with van der Waals surface area (Å²) in [6.45, 7) is 4.36. The van der Waals surface area contributed by atoms with Crippen LogP contribution in [0.5, 0.6) is 0 Å². The lowest BCUT2D eigenvalue weighted by atomic mass is 10.0. The van der Waals surface area contributed by atoms with Crippen molar-refractivity contribution in [2.75, 3.05) is 39.8 Å². The highest BCUT2D eigenvalue weighted by atomic mass is 16.1. The van der Waals surface area contributed by atoms with Crippen molar-refractivity contribution < 1.29 is 4.79 Å². The molecular weight excluding hydrogens is 410 g/mol. The Labute approximate surface area is 193 Å². The number of nitriles is 1. The topological polar surface area (TPSA) is 64.6 Å². The fourth-order valence-electron chi connectivity index (χ4n) is 4.23. The van der Waals surface area contributed by atoms with Crippen LogP contribution in [-0.2, 0) is 0 Å². The molecule has 0 saturated carbocycles. The summed E-state index contributed by atoms with van der Waals surface area (Å²) in [5.41, 5.74) is 6.31. The van der Waals surface area contributed by atoms with Crippen LogP contribution in [0.15, 0.2) is 73.1 Å². The van der Waals surface area contributed by atoms with Gasteiger partial charge in [-0.2, -0.15) is 5.26 Å². The smallest absolute Gasteiger partial charge is 0.176 e. The van der Waals surface area contributed by atoms with Gasteiger partial charge in [-0.1, -0.05) is 36.4 Å². The lowest BCUT2D eigenvalue weighted by Gasteiger charge is -2.31. The van der Waals surface area contributed by atoms with Gasteiger partial charge in [0.2, 0.25) is 0 Å². The largest absolute Gasteiger partial charge is 0.304 e. The van der Waals surface area contributed by atoms with Crippen LogP contribution in [0.3, 0.4) is 0 Å². The number of aromatic nitrogens is 2. The van der Waals surface area contributed by atoms with Gasteiger partial charge < -0.3 is 4.90 Å². The molecule has 1 saturated heterocycles. The van der Waals surface area contributed by atoms with Gasteiger partial charge in [-0.05, 0) is 42.4 Å². The summed E-state index contributed by atoms with van der Waals surface area (Å²) in [7, 11) is 2.12. The number of Topliss-reactive ketones (excluding diaryl/α,β-unsaturated/α-hetero) is 1. The SMILES string of the molecule is CN1CCN(CC(=O)c2ccc(-c3ccc4ncc(-c5ccc(C#N)cc5)n4c3)cc2)CC1. The van der Waals surface area contributed by atoms with Crippen LogP contribution >= 0.6 is 0 Å². The molecule has 1 aliphatic rings. The highest BCUT2D eigenvalue weighted by Gasteiger charge is 2.17. The first-order valence-electron chi connectivity index (χ1n) is 11.1. The molecule has 0 bridgehead atoms. The van der Waals surface area contributed by atoms with Crippen molar-refractivity contribution in [3.63, 3.8) is 0 Å². The van der Waals surface area contributed by atoms with E-state index < -0.39 is 0 Å². The molecule has 6 nitrogen and oxygen atoms in total. The maximum Gasteiger partial charge on any atom is 0.176 e. The molecule has 0 radical (unpaired) electrons. The average molecular weight is 436 g/mol. The first kappa shape index (κ1) is 21.1. The van der Waals surface area contributed by atoms with Crippen LogP contribution in [0.25, 0.3) is 28.0 Å². The maximum atomic E-state index is 12.7. The zero-order chi connectivity index (χ0) is 22.8. The Balaban J connectivity index is 1.36. The third-order valence-electron chi connectivity index (χ3n) is 6.32. The van der Waals surface area contributed by atoms with Gasteiger partial charge in [-0.25, -0.2) is 4.98 Å². The van der Waals surface area contributed by atoms with Crippen LogP contribution in [0.2, 0.25) is 0 Å². The van der Waals surface area contributed by atoms with Crippen LogP contribution in [-0.4, -0.2) is 64.7 Å². The van der Waals surface area contributed by atoms with Gasteiger partial charge in [0, 0.05) is 43.5 Å². The van der Waals surface area contributed by atoms with Crippen molar-refractivity contribution in [1.82, 2.24) is 19.2 Å². The Bertz CT molecular complexity index is 1320. The molecule has 164 valence electrons. The normalized spacial score (nSPS) is 14.9. The monoisotopic (exact) mass is 435 g/mol. The van der Waals surface area contributed by atoms with Crippen molar-refractivity contribution in [3.8, 4) is 28.5 Å². The number of hydrogen-bond donors (Lipinski definition) is 0. The Morgan fingerprint density at radius 2 is 1.58 bits per heavy atom. The molecule has 3 heterocycles. The van der Waals surface area contributed by atoms with Crippen LogP contribution < -0.4 is 0 Å². The Morgan fingerprint density at radius 1 is 0.909 bits per heavy atom. The summed E-state index contributed by atoms with van der Waals surface area (Å²) in [5.74, 6) is 0.166. The molecule has 2 aromatic heterocycles. The van der Waals surface area contributed by atoms with E-state index in [1.54, 1.807) is 0 Å². The van der Waals surface area contributed by atoms with Gasteiger partial charge in [0.25, 0.3) is 0 Å². The quantitative estimate of drug-likeness (QED) is 0.444. The van der Waals surface area contributed by atoms with E-state index in [9.17, 15) is 4.79 Å². The van der Waals surface area contributed by atoms with E-state index in [1.807, 2.05) is 66.9 Å². The van der Waals surface area contributed by atoms with Gasteiger partial charge >= 0.3 is 0 Å². The molecule has 0 N–H and O–H groups in total. The van der Waals surface area contributed by atoms with Crippen LogP contribution in [0, 0.1) is 11.3 Å². The number of fused-ring (bicyclic) bond motifs is 1. The zero-order valence-corrected chi connectivity index (χ0v) is 18.6. The van der Waals surface area contributed by atoms with Crippen molar-refractivity contribution in [1.29, 1.82) is 5.26 Å². The molecule has 0 amide bonds. The van der Waals surface area contributed by atoms with Crippen molar-refractivity contribution >= 4 is 11.4 Å². The molecule has 1 aliphatic heterocycles. The maximum absolute atomic E-state index is 12.7. The number of likely N-dealkylation sites (N-methyl/N-ethyl adjacent to an activating group) is 1. The van der Waals surface area contributed by atoms with Crippen LogP contribution in [0.1, 0.15) is 15.9 Å². The number of nitrogens with zero attached hydrogens (tertiary/aromatic N) is 5. The summed E-state index contributed by atoms with van der Waals surface area (Å²) in [6, 6.07) is 21.6. The minimum absolute atomic E-state index is 0.166. The number of carbonyl (C=O) groups is 1. The highest BCUT2D eigenvalue weighted by molar-refractivity contribution is 5.98. The highest BCUT2D eigenvalue weighted by Crippen LogP contribution is 2.26. The predicted octanol–water partition coefficient (Wildman–Crippen LogP) is 3.97. The van der Waals surface area contributed by atoms with Gasteiger partial charge in [0.1, 0.15) is 5.65 Å². The standard InChI is InChI=1S/C27H25N5O/c1-30-12-14-31(15-13-30)19-26(33)23-8-6-21(7-9-23)24-10-11-27-29-17-25(32(27)18-24)22-4-2-20(16-28)3-5-22/h2-11,17-18H,12-15,19H2,1H3. The molecule has 0 unspecified atom stereocenters. The Hall–Kier alpha value is -3.79. The number of rotatable bonds is 5. The molecule has 2 aromatic carbocycles. The number of benzene rings is 2. The predicted molar refractivity (Wildman–Crippen MR) is 129 cm³/mol. The lowest BCUT2D eigenvalue weighted by molar-refractivity contribution is 0.0876. The van der Waals surface area contributed by atoms with E-state index in [4.69, 9.17) is 5.26 Å². The summed E-state index contributed by atoms with van der Waals surface area (Å²) in [6.07, 6.45) is 3.91. The molecule has 33 heavy (non-hydrogen) atoms. The second-order valence-corrected chi connectivity index (χ2v) is 8.56. The third-order valence-corrected chi connectivity index (χ3v) is 6.32. The number of ketones is 1. The lowest BCUT2D eigenvalue weighted by Crippen LogP contribution is -2.46. The van der Waals surface area contributed by atoms with Gasteiger partial charge in [-0.3, -0.25) is 14.1 Å². The zero-order valence-electron chi connectivity index (χ0n) is 18.6. The molecule has 5 rings (SSSR count). The summed E-state index contributed by atoms with van der Waals surface area (Å²) in [5, 5.41) is 9.05. The summed E-state index contributed by atoms with van der Waals surface area (Å²) < 4.78 is 2.06. The van der Waals surface area contributed by atoms with Crippen molar-refractivity contribution in [2.24, 2.45) is 0 Å². The number of carbonyl (C=O) groups excluding carboxylic acids is 1. The van der Waals surface area contributed by atoms with Crippen LogP contribution in [0.4, 0.5) is 0 Å². The first-order valence-corrected chi connectivity index (χ1v) is 11.1. The summed E-state index contributed by atoms with van der Waals surface area (Å²) >= 11 is 0. The fraction of sp³-hybridized carbons (Fsp3) is 0.222. The molecule has 1 fully saturated rings. The fourth-order valence-corrected chi connectivity index (χ4v) is 4.23. The second-order valence-electron chi connectivity index (χ2n) is 8.56. The average Bonchev–Trinajstić information content (AvgIpc) is 3.29. The van der Waals surface area contributed by atoms with E-state index in [2.05, 4.69) is 38.5 Å².